The maximum atomic E-state index is 13.9. The van der Waals surface area contributed by atoms with E-state index in [0.717, 1.165) is 0 Å². The number of methoxy groups -OCH3 is 1. The molecule has 2 saturated heterocycles. The molecule has 39 heavy (non-hydrogen) atoms. The van der Waals surface area contributed by atoms with Crippen LogP contribution in [-0.2, 0) is 25.7 Å². The van der Waals surface area contributed by atoms with Gasteiger partial charge in [-0.15, -0.1) is 0 Å². The largest absolute Gasteiger partial charge is 0.468 e. The van der Waals surface area contributed by atoms with Crippen LogP contribution in [0.5, 0.6) is 0 Å². The number of amides is 3. The van der Waals surface area contributed by atoms with Crippen LogP contribution in [0.2, 0.25) is 0 Å². The van der Waals surface area contributed by atoms with Crippen LogP contribution in [0, 0.1) is 16.7 Å². The van der Waals surface area contributed by atoms with Gasteiger partial charge in [0.2, 0.25) is 11.8 Å². The zero-order valence-electron chi connectivity index (χ0n) is 22.7. The number of hydrogen-bond acceptors (Lipinski definition) is 7. The molecule has 2 fully saturated rings. The Morgan fingerprint density at radius 1 is 1.03 bits per heavy atom. The van der Waals surface area contributed by atoms with E-state index in [1.807, 2.05) is 6.08 Å². The van der Waals surface area contributed by atoms with E-state index in [1.165, 1.54) is 13.4 Å². The number of allylic oxidation sites excluding steroid dienone is 1. The molecular formula is C29H35N3O7. The molecule has 2 aliphatic heterocycles. The molecule has 5 rings (SSSR count). The molecule has 3 amide bonds. The molecule has 208 valence electrons. The summed E-state index contributed by atoms with van der Waals surface area (Å²) in [7, 11) is 1.37. The average Bonchev–Trinajstić information content (AvgIpc) is 3.64. The molecule has 10 heteroatoms. The van der Waals surface area contributed by atoms with Crippen molar-refractivity contribution in [3.05, 3.63) is 60.1 Å². The smallest absolute Gasteiger partial charge is 0.317 e. The first kappa shape index (κ1) is 26.8. The number of hydrogen-bond donors (Lipinski definition) is 0. The molecule has 0 N–H and O–H groups in total. The fourth-order valence-corrected chi connectivity index (χ4v) is 6.33. The van der Waals surface area contributed by atoms with Gasteiger partial charge in [0.1, 0.15) is 11.2 Å². The first-order chi connectivity index (χ1) is 18.6. The summed E-state index contributed by atoms with van der Waals surface area (Å²) in [5.41, 5.74) is -0.570. The number of nitrogens with zero attached hydrogens (tertiary/aromatic N) is 3. The number of ether oxygens (including phenoxy) is 1. The van der Waals surface area contributed by atoms with Crippen molar-refractivity contribution in [1.82, 2.24) is 14.7 Å². The number of likely N-dealkylation sites (tertiary alicyclic amines) is 1. The molecule has 1 aliphatic carbocycles. The minimum absolute atomic E-state index is 0.0218. The van der Waals surface area contributed by atoms with E-state index in [0.29, 0.717) is 50.5 Å². The van der Waals surface area contributed by atoms with Gasteiger partial charge in [0, 0.05) is 44.2 Å². The van der Waals surface area contributed by atoms with Crippen LogP contribution in [-0.4, -0.2) is 71.7 Å². The molecule has 2 aromatic rings. The zero-order valence-corrected chi connectivity index (χ0v) is 22.7. The SMILES string of the molecule is COC(=O)[C@@]12C[C@H](CC(=O)N3CCN(C(=O)c4ccco4)CC3)C(=O)N(Cc3ccco3)C1=CCC(C)(C)C2. The standard InChI is InChI=1S/C29H35N3O7/c1-28(2)9-8-23-29(19-28,27(36)37-3)17-20(25(34)32(23)18-21-6-4-14-38-21)16-24(33)30-10-12-31(13-11-30)26(35)22-7-5-15-39-22/h4-8,14-15,20H,9-13,16-19H2,1-3H3/t20-,29+/m0/s1. The number of fused-ring (bicyclic) bond motifs is 1. The lowest BCUT2D eigenvalue weighted by atomic mass is 9.59. The summed E-state index contributed by atoms with van der Waals surface area (Å²) in [6, 6.07) is 6.83. The number of piperazine rings is 1. The highest BCUT2D eigenvalue weighted by Crippen LogP contribution is 2.55. The first-order valence-corrected chi connectivity index (χ1v) is 13.4. The Kier molecular flexibility index (Phi) is 7.13. The molecule has 0 saturated carbocycles. The highest BCUT2D eigenvalue weighted by molar-refractivity contribution is 5.93. The fourth-order valence-electron chi connectivity index (χ4n) is 6.33. The second kappa shape index (κ2) is 10.4. The molecule has 0 bridgehead atoms. The Morgan fingerprint density at radius 3 is 2.36 bits per heavy atom. The molecule has 0 aromatic carbocycles. The van der Waals surface area contributed by atoms with E-state index in [2.05, 4.69) is 13.8 Å². The average molecular weight is 538 g/mol. The monoisotopic (exact) mass is 537 g/mol. The van der Waals surface area contributed by atoms with Crippen LogP contribution in [0.4, 0.5) is 0 Å². The Labute approximate surface area is 227 Å². The van der Waals surface area contributed by atoms with Gasteiger partial charge in [0.05, 0.1) is 26.2 Å². The van der Waals surface area contributed by atoms with Crippen molar-refractivity contribution in [2.45, 2.75) is 46.1 Å². The van der Waals surface area contributed by atoms with Gasteiger partial charge in [0.25, 0.3) is 5.91 Å². The van der Waals surface area contributed by atoms with Crippen LogP contribution in [0.25, 0.3) is 0 Å². The molecule has 0 unspecified atom stereocenters. The number of carbonyl (C=O) groups excluding carboxylic acids is 4. The summed E-state index contributed by atoms with van der Waals surface area (Å²) in [5, 5.41) is 0. The van der Waals surface area contributed by atoms with Gasteiger partial charge in [-0.3, -0.25) is 19.2 Å². The number of esters is 1. The van der Waals surface area contributed by atoms with Crippen molar-refractivity contribution in [3.63, 3.8) is 0 Å². The van der Waals surface area contributed by atoms with E-state index < -0.39 is 11.3 Å². The van der Waals surface area contributed by atoms with E-state index in [4.69, 9.17) is 13.6 Å². The van der Waals surface area contributed by atoms with Crippen LogP contribution < -0.4 is 0 Å². The van der Waals surface area contributed by atoms with E-state index in [-0.39, 0.29) is 54.3 Å². The van der Waals surface area contributed by atoms with Crippen molar-refractivity contribution in [1.29, 1.82) is 0 Å². The summed E-state index contributed by atoms with van der Waals surface area (Å²) in [6.07, 6.45) is 6.41. The van der Waals surface area contributed by atoms with E-state index >= 15 is 0 Å². The highest BCUT2D eigenvalue weighted by atomic mass is 16.5. The Balaban J connectivity index is 1.35. The summed E-state index contributed by atoms with van der Waals surface area (Å²) in [5.74, 6) is -0.789. The lowest BCUT2D eigenvalue weighted by Gasteiger charge is -2.51. The van der Waals surface area contributed by atoms with Crippen LogP contribution in [0.1, 0.15) is 55.8 Å². The fraction of sp³-hybridized carbons (Fsp3) is 0.517. The number of rotatable bonds is 6. The molecule has 10 nitrogen and oxygen atoms in total. The normalized spacial score (nSPS) is 24.7. The van der Waals surface area contributed by atoms with Gasteiger partial charge < -0.3 is 28.3 Å². The van der Waals surface area contributed by atoms with Gasteiger partial charge in [0.15, 0.2) is 5.76 Å². The Morgan fingerprint density at radius 2 is 1.72 bits per heavy atom. The molecule has 2 aromatic heterocycles. The predicted molar refractivity (Wildman–Crippen MR) is 139 cm³/mol. The van der Waals surface area contributed by atoms with Crippen molar-refractivity contribution >= 4 is 23.7 Å². The topological polar surface area (TPSA) is 114 Å². The summed E-state index contributed by atoms with van der Waals surface area (Å²) in [6.45, 7) is 5.85. The lowest BCUT2D eigenvalue weighted by Crippen LogP contribution is -2.56. The molecule has 0 spiro atoms. The van der Waals surface area contributed by atoms with Crippen molar-refractivity contribution in [3.8, 4) is 0 Å². The number of carbonyl (C=O) groups is 4. The third-order valence-corrected chi connectivity index (χ3v) is 8.16. The Hall–Kier alpha value is -3.82. The molecule has 4 heterocycles. The van der Waals surface area contributed by atoms with Crippen molar-refractivity contribution < 1.29 is 32.7 Å². The predicted octanol–water partition coefficient (Wildman–Crippen LogP) is 3.46. The molecular weight excluding hydrogens is 502 g/mol. The molecule has 2 atom stereocenters. The quantitative estimate of drug-likeness (QED) is 0.519. The Bertz CT molecular complexity index is 1260. The first-order valence-electron chi connectivity index (χ1n) is 13.4. The number of furan rings is 2. The van der Waals surface area contributed by atoms with Crippen LogP contribution in [0.15, 0.2) is 57.4 Å². The maximum absolute atomic E-state index is 13.9. The van der Waals surface area contributed by atoms with Gasteiger partial charge in [-0.25, -0.2) is 0 Å². The second-order valence-electron chi connectivity index (χ2n) is 11.5. The minimum Gasteiger partial charge on any atom is -0.468 e. The lowest BCUT2D eigenvalue weighted by molar-refractivity contribution is -0.163. The van der Waals surface area contributed by atoms with E-state index in [9.17, 15) is 19.2 Å². The maximum Gasteiger partial charge on any atom is 0.317 e. The minimum atomic E-state index is -1.03. The zero-order chi connectivity index (χ0) is 27.8. The third kappa shape index (κ3) is 5.12. The summed E-state index contributed by atoms with van der Waals surface area (Å²) < 4.78 is 16.1. The second-order valence-corrected chi connectivity index (χ2v) is 11.5. The summed E-state index contributed by atoms with van der Waals surface area (Å²) in [4.78, 5) is 58.3. The van der Waals surface area contributed by atoms with E-state index in [1.54, 1.807) is 45.2 Å². The number of piperidine rings is 1. The molecule has 3 aliphatic rings. The van der Waals surface area contributed by atoms with Gasteiger partial charge >= 0.3 is 5.97 Å². The summed E-state index contributed by atoms with van der Waals surface area (Å²) >= 11 is 0. The van der Waals surface area contributed by atoms with Crippen LogP contribution >= 0.6 is 0 Å². The van der Waals surface area contributed by atoms with Crippen LogP contribution in [0.3, 0.4) is 0 Å². The molecule has 0 radical (unpaired) electrons. The third-order valence-electron chi connectivity index (χ3n) is 8.16. The van der Waals surface area contributed by atoms with Gasteiger partial charge in [-0.2, -0.15) is 0 Å². The van der Waals surface area contributed by atoms with Gasteiger partial charge in [-0.05, 0) is 48.9 Å². The highest BCUT2D eigenvalue weighted by Gasteiger charge is 2.57. The van der Waals surface area contributed by atoms with Crippen molar-refractivity contribution in [2.24, 2.45) is 16.7 Å². The van der Waals surface area contributed by atoms with Crippen molar-refractivity contribution in [2.75, 3.05) is 33.3 Å². The van der Waals surface area contributed by atoms with Gasteiger partial charge in [-0.1, -0.05) is 19.9 Å².